The number of nitrogens with zero attached hydrogens (tertiary/aromatic N) is 3. The van der Waals surface area contributed by atoms with Crippen molar-refractivity contribution < 1.29 is 14.2 Å². The number of benzene rings is 1. The molecule has 2 unspecified atom stereocenters. The highest BCUT2D eigenvalue weighted by molar-refractivity contribution is 5.56. The minimum Gasteiger partial charge on any atom is -0.486 e. The molecule has 2 atom stereocenters. The van der Waals surface area contributed by atoms with Crippen molar-refractivity contribution in [2.24, 2.45) is 0 Å². The first-order valence-electron chi connectivity index (χ1n) is 9.98. The maximum Gasteiger partial charge on any atom is 0.267 e. The Hall–Kier alpha value is -3.23. The lowest BCUT2D eigenvalue weighted by Gasteiger charge is -2.22. The van der Waals surface area contributed by atoms with E-state index in [1.54, 1.807) is 24.5 Å². The van der Waals surface area contributed by atoms with E-state index >= 15 is 0 Å². The van der Waals surface area contributed by atoms with Crippen LogP contribution in [0.2, 0.25) is 0 Å². The molecule has 154 valence electrons. The van der Waals surface area contributed by atoms with Gasteiger partial charge in [0, 0.05) is 30.6 Å². The molecule has 8 heteroatoms. The molecule has 1 N–H and O–H groups in total. The number of fused-ring (bicyclic) bond motifs is 1. The summed E-state index contributed by atoms with van der Waals surface area (Å²) in [5.41, 5.74) is 2.50. The highest BCUT2D eigenvalue weighted by atomic mass is 16.6. The number of nitrogens with one attached hydrogen (secondary N) is 1. The largest absolute Gasteiger partial charge is 0.486 e. The van der Waals surface area contributed by atoms with Crippen molar-refractivity contribution in [1.29, 1.82) is 0 Å². The normalized spacial score (nSPS) is 20.3. The Labute approximate surface area is 173 Å². The lowest BCUT2D eigenvalue weighted by Crippen LogP contribution is -2.41. The number of aromatic nitrogens is 3. The second-order valence-electron chi connectivity index (χ2n) is 7.31. The van der Waals surface area contributed by atoms with Crippen LogP contribution in [0.5, 0.6) is 11.5 Å². The molecule has 5 rings (SSSR count). The fourth-order valence-electron chi connectivity index (χ4n) is 3.76. The summed E-state index contributed by atoms with van der Waals surface area (Å²) in [7, 11) is 0. The number of rotatable bonds is 5. The molecule has 0 saturated carbocycles. The molecular formula is C22H22N4O4. The highest BCUT2D eigenvalue weighted by Crippen LogP contribution is 2.31. The van der Waals surface area contributed by atoms with E-state index in [1.165, 1.54) is 4.68 Å². The fraction of sp³-hybridized carbons (Fsp3) is 0.318. The zero-order chi connectivity index (χ0) is 20.3. The van der Waals surface area contributed by atoms with E-state index in [0.29, 0.717) is 38.7 Å². The first-order valence-corrected chi connectivity index (χ1v) is 9.98. The Kier molecular flexibility index (Phi) is 5.17. The van der Waals surface area contributed by atoms with Crippen LogP contribution in [0.3, 0.4) is 0 Å². The van der Waals surface area contributed by atoms with Gasteiger partial charge in [-0.05, 0) is 35.9 Å². The Bertz CT molecular complexity index is 1090. The molecule has 1 saturated heterocycles. The lowest BCUT2D eigenvalue weighted by atomic mass is 10.1. The SMILES string of the molecule is O=c1ccc(-c2cccnc2)nn1C1COCC1NCc1ccc2c(c1)OCCO2. The third-order valence-corrected chi connectivity index (χ3v) is 5.32. The molecule has 2 aliphatic heterocycles. The Morgan fingerprint density at radius 3 is 2.83 bits per heavy atom. The van der Waals surface area contributed by atoms with Crippen molar-refractivity contribution in [3.63, 3.8) is 0 Å². The Balaban J connectivity index is 1.34. The van der Waals surface area contributed by atoms with Crippen molar-refractivity contribution in [2.45, 2.75) is 18.6 Å². The van der Waals surface area contributed by atoms with Gasteiger partial charge in [0.2, 0.25) is 0 Å². The number of ether oxygens (including phenoxy) is 3. The van der Waals surface area contributed by atoms with Gasteiger partial charge in [-0.15, -0.1) is 0 Å². The topological polar surface area (TPSA) is 87.5 Å². The van der Waals surface area contributed by atoms with Gasteiger partial charge in [0.15, 0.2) is 11.5 Å². The third-order valence-electron chi connectivity index (χ3n) is 5.32. The fourth-order valence-corrected chi connectivity index (χ4v) is 3.76. The predicted octanol–water partition coefficient (Wildman–Crippen LogP) is 1.81. The second-order valence-corrected chi connectivity index (χ2v) is 7.31. The quantitative estimate of drug-likeness (QED) is 0.691. The second kappa shape index (κ2) is 8.25. The summed E-state index contributed by atoms with van der Waals surface area (Å²) in [6.07, 6.45) is 3.45. The van der Waals surface area contributed by atoms with Crippen LogP contribution in [-0.4, -0.2) is 47.2 Å². The maximum absolute atomic E-state index is 12.5. The van der Waals surface area contributed by atoms with E-state index in [0.717, 1.165) is 22.6 Å². The highest BCUT2D eigenvalue weighted by Gasteiger charge is 2.31. The number of hydrogen-bond donors (Lipinski definition) is 1. The van der Waals surface area contributed by atoms with Gasteiger partial charge in [0.1, 0.15) is 13.2 Å². The molecule has 0 radical (unpaired) electrons. The smallest absolute Gasteiger partial charge is 0.267 e. The predicted molar refractivity (Wildman–Crippen MR) is 110 cm³/mol. The first-order chi connectivity index (χ1) is 14.8. The summed E-state index contributed by atoms with van der Waals surface area (Å²) in [5.74, 6) is 1.54. The Morgan fingerprint density at radius 2 is 1.97 bits per heavy atom. The molecule has 3 aromatic rings. The molecule has 1 aromatic carbocycles. The standard InChI is InChI=1S/C22H22N4O4/c27-22-6-4-17(16-2-1-7-23-12-16)25-26(22)19-14-28-13-18(19)24-11-15-3-5-20-21(10-15)30-9-8-29-20/h1-7,10,12,18-19,24H,8-9,11,13-14H2. The Morgan fingerprint density at radius 1 is 1.07 bits per heavy atom. The van der Waals surface area contributed by atoms with Crippen molar-refractivity contribution in [3.05, 3.63) is 70.8 Å². The van der Waals surface area contributed by atoms with Crippen molar-refractivity contribution in [3.8, 4) is 22.8 Å². The van der Waals surface area contributed by atoms with Crippen LogP contribution in [0.15, 0.2) is 59.7 Å². The van der Waals surface area contributed by atoms with Crippen molar-refractivity contribution >= 4 is 0 Å². The van der Waals surface area contributed by atoms with Gasteiger partial charge in [0.25, 0.3) is 5.56 Å². The summed E-state index contributed by atoms with van der Waals surface area (Å²) >= 11 is 0. The van der Waals surface area contributed by atoms with E-state index in [-0.39, 0.29) is 17.6 Å². The monoisotopic (exact) mass is 406 g/mol. The zero-order valence-electron chi connectivity index (χ0n) is 16.4. The van der Waals surface area contributed by atoms with Crippen LogP contribution in [0, 0.1) is 0 Å². The van der Waals surface area contributed by atoms with Gasteiger partial charge in [0.05, 0.1) is 31.0 Å². The number of hydrogen-bond acceptors (Lipinski definition) is 7. The zero-order valence-corrected chi connectivity index (χ0v) is 16.4. The molecular weight excluding hydrogens is 384 g/mol. The van der Waals surface area contributed by atoms with Gasteiger partial charge in [-0.2, -0.15) is 5.10 Å². The minimum atomic E-state index is -0.189. The van der Waals surface area contributed by atoms with Gasteiger partial charge < -0.3 is 19.5 Å². The average molecular weight is 406 g/mol. The van der Waals surface area contributed by atoms with E-state index in [9.17, 15) is 4.79 Å². The minimum absolute atomic E-state index is 0.0347. The van der Waals surface area contributed by atoms with Gasteiger partial charge in [-0.3, -0.25) is 9.78 Å². The van der Waals surface area contributed by atoms with Crippen LogP contribution in [0.25, 0.3) is 11.3 Å². The summed E-state index contributed by atoms with van der Waals surface area (Å²) < 4.78 is 18.4. The molecule has 0 amide bonds. The molecule has 1 fully saturated rings. The van der Waals surface area contributed by atoms with Crippen LogP contribution >= 0.6 is 0 Å². The molecule has 2 aromatic heterocycles. The number of pyridine rings is 1. The van der Waals surface area contributed by atoms with E-state index in [1.807, 2.05) is 30.3 Å². The van der Waals surface area contributed by atoms with E-state index < -0.39 is 0 Å². The summed E-state index contributed by atoms with van der Waals surface area (Å²) in [6.45, 7) is 2.71. The van der Waals surface area contributed by atoms with Crippen molar-refractivity contribution in [2.75, 3.05) is 26.4 Å². The molecule has 30 heavy (non-hydrogen) atoms. The molecule has 8 nitrogen and oxygen atoms in total. The van der Waals surface area contributed by atoms with E-state index in [4.69, 9.17) is 14.2 Å². The maximum atomic E-state index is 12.5. The molecule has 2 aliphatic rings. The van der Waals surface area contributed by atoms with Crippen LogP contribution < -0.4 is 20.3 Å². The summed E-state index contributed by atoms with van der Waals surface area (Å²) in [6, 6.07) is 12.7. The van der Waals surface area contributed by atoms with Crippen LogP contribution in [0.1, 0.15) is 11.6 Å². The lowest BCUT2D eigenvalue weighted by molar-refractivity contribution is 0.171. The van der Waals surface area contributed by atoms with Crippen molar-refractivity contribution in [1.82, 2.24) is 20.1 Å². The average Bonchev–Trinajstić information content (AvgIpc) is 3.27. The molecule has 4 heterocycles. The van der Waals surface area contributed by atoms with E-state index in [2.05, 4.69) is 15.4 Å². The third kappa shape index (κ3) is 3.79. The van der Waals surface area contributed by atoms with Crippen LogP contribution in [0.4, 0.5) is 0 Å². The van der Waals surface area contributed by atoms with Gasteiger partial charge in [-0.25, -0.2) is 4.68 Å². The molecule has 0 aliphatic carbocycles. The summed E-state index contributed by atoms with van der Waals surface area (Å²) in [5, 5.41) is 8.10. The van der Waals surface area contributed by atoms with Gasteiger partial charge >= 0.3 is 0 Å². The van der Waals surface area contributed by atoms with Crippen LogP contribution in [-0.2, 0) is 11.3 Å². The summed E-state index contributed by atoms with van der Waals surface area (Å²) in [4.78, 5) is 16.7. The van der Waals surface area contributed by atoms with Gasteiger partial charge in [-0.1, -0.05) is 6.07 Å². The first kappa shape index (κ1) is 18.8. The molecule has 0 bridgehead atoms. The molecule has 0 spiro atoms.